The normalized spacial score (nSPS) is 24.6. The monoisotopic (exact) mass is 381 g/mol. The zero-order valence-corrected chi connectivity index (χ0v) is 16.4. The molecule has 0 spiro atoms. The van der Waals surface area contributed by atoms with Crippen molar-refractivity contribution < 1.29 is 23.7 Å². The van der Waals surface area contributed by atoms with Crippen molar-refractivity contribution in [3.8, 4) is 11.5 Å². The van der Waals surface area contributed by atoms with Crippen LogP contribution in [0.1, 0.15) is 23.8 Å². The van der Waals surface area contributed by atoms with Crippen LogP contribution in [0.3, 0.4) is 0 Å². The van der Waals surface area contributed by atoms with Gasteiger partial charge in [-0.25, -0.2) is 0 Å². The van der Waals surface area contributed by atoms with Gasteiger partial charge in [-0.2, -0.15) is 0 Å². The molecule has 2 heterocycles. The van der Waals surface area contributed by atoms with Gasteiger partial charge >= 0.3 is 0 Å². The molecule has 146 valence electrons. The number of hydrogen-bond donors (Lipinski definition) is 0. The summed E-state index contributed by atoms with van der Waals surface area (Å²) in [4.78, 5) is 2.22. The van der Waals surface area contributed by atoms with E-state index >= 15 is 0 Å². The van der Waals surface area contributed by atoms with Crippen LogP contribution in [0, 0.1) is 5.92 Å². The summed E-state index contributed by atoms with van der Waals surface area (Å²) in [6.45, 7) is 0.278. The zero-order valence-electron chi connectivity index (χ0n) is 16.4. The summed E-state index contributed by atoms with van der Waals surface area (Å²) in [5.74, 6) is 3.17. The molecule has 6 heteroatoms. The summed E-state index contributed by atoms with van der Waals surface area (Å²) in [7, 11) is 7.13. The molecule has 2 unspecified atom stereocenters. The van der Waals surface area contributed by atoms with Gasteiger partial charge in [-0.1, -0.05) is 6.08 Å². The number of allylic oxidation sites excluding steroid dienone is 4. The third-order valence-corrected chi connectivity index (χ3v) is 5.89. The molecule has 28 heavy (non-hydrogen) atoms. The van der Waals surface area contributed by atoms with Crippen LogP contribution in [0.5, 0.6) is 11.5 Å². The van der Waals surface area contributed by atoms with Gasteiger partial charge in [0.25, 0.3) is 0 Å². The Morgan fingerprint density at radius 2 is 1.79 bits per heavy atom. The molecule has 1 saturated heterocycles. The maximum absolute atomic E-state index is 5.90. The molecule has 0 amide bonds. The molecule has 0 bridgehead atoms. The van der Waals surface area contributed by atoms with E-state index in [2.05, 4.69) is 36.2 Å². The Morgan fingerprint density at radius 3 is 2.54 bits per heavy atom. The first-order valence-electron chi connectivity index (χ1n) is 9.30. The topological polar surface area (TPSA) is 49.4 Å². The highest BCUT2D eigenvalue weighted by molar-refractivity contribution is 5.79. The van der Waals surface area contributed by atoms with Crippen molar-refractivity contribution in [1.82, 2.24) is 4.90 Å². The van der Waals surface area contributed by atoms with Crippen LogP contribution in [0.25, 0.3) is 5.57 Å². The Hall–Kier alpha value is -2.86. The van der Waals surface area contributed by atoms with Gasteiger partial charge in [0.2, 0.25) is 6.79 Å². The summed E-state index contributed by atoms with van der Waals surface area (Å²) in [6, 6.07) is 4.08. The standard InChI is InChI=1S/C22H23NO5/c1-23-21-13(6-5-12-7-19-20(8-14(12)21)28-11-27-19)15-9-17(24-2)18(25-3)10-16(15)22(23)26-4/h5,7-10,14,22H,6,11H2,1-4H3. The smallest absolute Gasteiger partial charge is 0.231 e. The molecule has 2 aliphatic heterocycles. The first-order valence-corrected chi connectivity index (χ1v) is 9.30. The molecule has 6 nitrogen and oxygen atoms in total. The number of fused-ring (bicyclic) bond motifs is 5. The number of rotatable bonds is 3. The first kappa shape index (κ1) is 17.3. The highest BCUT2D eigenvalue weighted by Gasteiger charge is 2.39. The summed E-state index contributed by atoms with van der Waals surface area (Å²) in [5.41, 5.74) is 5.95. The van der Waals surface area contributed by atoms with E-state index in [0.717, 1.165) is 34.8 Å². The largest absolute Gasteiger partial charge is 0.493 e. The summed E-state index contributed by atoms with van der Waals surface area (Å²) >= 11 is 0. The van der Waals surface area contributed by atoms with Gasteiger partial charge in [0, 0.05) is 31.3 Å². The highest BCUT2D eigenvalue weighted by atomic mass is 16.7. The van der Waals surface area contributed by atoms with E-state index in [9.17, 15) is 0 Å². The molecule has 1 aromatic rings. The van der Waals surface area contributed by atoms with E-state index in [1.165, 1.54) is 16.8 Å². The predicted octanol–water partition coefficient (Wildman–Crippen LogP) is 3.74. The summed E-state index contributed by atoms with van der Waals surface area (Å²) < 4.78 is 28.2. The molecule has 4 aliphatic rings. The Morgan fingerprint density at radius 1 is 1.04 bits per heavy atom. The first-order chi connectivity index (χ1) is 13.7. The SMILES string of the molecule is COc1cc2c(cc1OC)C(OC)N(C)C1=C2CC=C2C=C3OCOC3=CC21. The molecule has 0 saturated carbocycles. The van der Waals surface area contributed by atoms with Crippen LogP contribution in [0.15, 0.2) is 53.1 Å². The maximum Gasteiger partial charge on any atom is 0.231 e. The van der Waals surface area contributed by atoms with Gasteiger partial charge in [0.05, 0.1) is 14.2 Å². The van der Waals surface area contributed by atoms with Gasteiger partial charge in [-0.15, -0.1) is 0 Å². The van der Waals surface area contributed by atoms with Crippen molar-refractivity contribution in [3.05, 3.63) is 64.3 Å². The fourth-order valence-corrected chi connectivity index (χ4v) is 4.63. The molecule has 0 N–H and O–H groups in total. The molecule has 0 aromatic heterocycles. The molecular weight excluding hydrogens is 358 g/mol. The Kier molecular flexibility index (Phi) is 3.91. The molecule has 2 atom stereocenters. The highest BCUT2D eigenvalue weighted by Crippen LogP contribution is 2.51. The van der Waals surface area contributed by atoms with Gasteiger partial charge < -0.3 is 28.6 Å². The second kappa shape index (κ2) is 6.34. The van der Waals surface area contributed by atoms with Crippen molar-refractivity contribution in [1.29, 1.82) is 0 Å². The van der Waals surface area contributed by atoms with Gasteiger partial charge in [-0.3, -0.25) is 0 Å². The third-order valence-electron chi connectivity index (χ3n) is 5.89. The lowest BCUT2D eigenvalue weighted by molar-refractivity contribution is -0.00677. The number of nitrogens with zero attached hydrogens (tertiary/aromatic N) is 1. The second-order valence-corrected chi connectivity index (χ2v) is 7.19. The number of ether oxygens (including phenoxy) is 5. The van der Waals surface area contributed by atoms with Crippen LogP contribution >= 0.6 is 0 Å². The Balaban J connectivity index is 1.69. The minimum Gasteiger partial charge on any atom is -0.493 e. The number of methoxy groups -OCH3 is 3. The maximum atomic E-state index is 5.90. The van der Waals surface area contributed by atoms with Gasteiger partial charge in [0.15, 0.2) is 29.2 Å². The van der Waals surface area contributed by atoms with Crippen molar-refractivity contribution in [2.24, 2.45) is 5.92 Å². The molecular formula is C22H23NO5. The fraction of sp³-hybridized carbons (Fsp3) is 0.364. The van der Waals surface area contributed by atoms with E-state index < -0.39 is 0 Å². The van der Waals surface area contributed by atoms with Crippen molar-refractivity contribution in [2.75, 3.05) is 35.2 Å². The zero-order chi connectivity index (χ0) is 19.4. The molecule has 1 aromatic carbocycles. The number of hydrogen-bond acceptors (Lipinski definition) is 6. The molecule has 1 fully saturated rings. The van der Waals surface area contributed by atoms with Gasteiger partial charge in [0.1, 0.15) is 0 Å². The van der Waals surface area contributed by atoms with Crippen molar-refractivity contribution >= 4 is 5.57 Å². The average molecular weight is 381 g/mol. The van der Waals surface area contributed by atoms with Crippen molar-refractivity contribution in [3.63, 3.8) is 0 Å². The van der Waals surface area contributed by atoms with Crippen LogP contribution in [0.2, 0.25) is 0 Å². The lowest BCUT2D eigenvalue weighted by Gasteiger charge is -2.43. The molecule has 5 rings (SSSR count). The second-order valence-electron chi connectivity index (χ2n) is 7.19. The Bertz CT molecular complexity index is 971. The van der Waals surface area contributed by atoms with E-state index in [0.29, 0.717) is 5.75 Å². The lowest BCUT2D eigenvalue weighted by Crippen LogP contribution is -2.35. The average Bonchev–Trinajstić information content (AvgIpc) is 3.18. The van der Waals surface area contributed by atoms with Gasteiger partial charge in [-0.05, 0) is 47.4 Å². The van der Waals surface area contributed by atoms with Crippen LogP contribution < -0.4 is 9.47 Å². The predicted molar refractivity (Wildman–Crippen MR) is 103 cm³/mol. The van der Waals surface area contributed by atoms with E-state index in [1.54, 1.807) is 21.3 Å². The molecule has 2 aliphatic carbocycles. The van der Waals surface area contributed by atoms with Crippen LogP contribution in [-0.2, 0) is 14.2 Å². The Labute approximate surface area is 164 Å². The van der Waals surface area contributed by atoms with E-state index in [-0.39, 0.29) is 18.9 Å². The fourth-order valence-electron chi connectivity index (χ4n) is 4.63. The van der Waals surface area contributed by atoms with E-state index in [4.69, 9.17) is 23.7 Å². The summed E-state index contributed by atoms with van der Waals surface area (Å²) in [6.07, 6.45) is 7.14. The van der Waals surface area contributed by atoms with E-state index in [1.807, 2.05) is 6.07 Å². The third kappa shape index (κ3) is 2.31. The van der Waals surface area contributed by atoms with Crippen LogP contribution in [0.4, 0.5) is 0 Å². The minimum absolute atomic E-state index is 0.105. The summed E-state index contributed by atoms with van der Waals surface area (Å²) in [5, 5.41) is 0. The number of benzene rings is 1. The molecule has 0 radical (unpaired) electrons. The quantitative estimate of drug-likeness (QED) is 0.795. The van der Waals surface area contributed by atoms with Crippen LogP contribution in [-0.4, -0.2) is 40.1 Å². The van der Waals surface area contributed by atoms with Crippen molar-refractivity contribution in [2.45, 2.75) is 12.6 Å². The lowest BCUT2D eigenvalue weighted by atomic mass is 9.77. The minimum atomic E-state index is -0.211.